The third-order valence-electron chi connectivity index (χ3n) is 2.99. The molecule has 20 heavy (non-hydrogen) atoms. The highest BCUT2D eigenvalue weighted by molar-refractivity contribution is 9.10. The van der Waals surface area contributed by atoms with Crippen LogP contribution in [0.5, 0.6) is 0 Å². The topological polar surface area (TPSA) is 37.8 Å². The highest BCUT2D eigenvalue weighted by Crippen LogP contribution is 2.31. The largest absolute Gasteiger partial charge is 0.317 e. The van der Waals surface area contributed by atoms with Gasteiger partial charge in [0.1, 0.15) is 10.0 Å². The lowest BCUT2D eigenvalue weighted by Gasteiger charge is -2.01. The van der Waals surface area contributed by atoms with Gasteiger partial charge in [-0.05, 0) is 45.0 Å². The molecule has 0 spiro atoms. The van der Waals surface area contributed by atoms with Crippen LogP contribution in [0.1, 0.15) is 30.3 Å². The number of nitrogens with zero attached hydrogens (tertiary/aromatic N) is 2. The van der Waals surface area contributed by atoms with Gasteiger partial charge in [-0.2, -0.15) is 0 Å². The first-order valence-corrected chi connectivity index (χ1v) is 8.61. The molecular weight excluding hydrogens is 334 g/mol. The van der Waals surface area contributed by atoms with Gasteiger partial charge in [0, 0.05) is 16.5 Å². The second-order valence-electron chi connectivity index (χ2n) is 4.84. The van der Waals surface area contributed by atoms with Gasteiger partial charge in [0.15, 0.2) is 0 Å². The highest BCUT2D eigenvalue weighted by atomic mass is 79.9. The maximum absolute atomic E-state index is 4.32. The number of hydrogen-bond donors (Lipinski definition) is 1. The molecule has 0 saturated heterocycles. The van der Waals surface area contributed by atoms with Crippen LogP contribution in [0.25, 0.3) is 10.6 Å². The number of rotatable bonds is 7. The Morgan fingerprint density at radius 1 is 1.25 bits per heavy atom. The number of hydrogen-bond acceptors (Lipinski definition) is 4. The van der Waals surface area contributed by atoms with Crippen LogP contribution in [0.15, 0.2) is 22.7 Å². The third kappa shape index (κ3) is 4.36. The van der Waals surface area contributed by atoms with Gasteiger partial charge in [0.05, 0.1) is 0 Å². The van der Waals surface area contributed by atoms with Crippen molar-refractivity contribution in [2.45, 2.75) is 33.1 Å². The van der Waals surface area contributed by atoms with Crippen molar-refractivity contribution in [3.05, 3.63) is 33.2 Å². The van der Waals surface area contributed by atoms with E-state index in [2.05, 4.69) is 63.5 Å². The summed E-state index contributed by atoms with van der Waals surface area (Å²) in [6.45, 7) is 6.43. The summed E-state index contributed by atoms with van der Waals surface area (Å²) in [5.41, 5.74) is 2.38. The quantitative estimate of drug-likeness (QED) is 0.757. The SMILES string of the molecule is CCCNCCCc1nnc(-c2cc(C)ccc2Br)s1. The molecule has 0 aliphatic rings. The molecule has 0 bridgehead atoms. The molecule has 1 heterocycles. The van der Waals surface area contributed by atoms with Gasteiger partial charge in [-0.1, -0.05) is 45.8 Å². The monoisotopic (exact) mass is 353 g/mol. The average molecular weight is 354 g/mol. The summed E-state index contributed by atoms with van der Waals surface area (Å²) < 4.78 is 1.08. The Morgan fingerprint density at radius 3 is 2.90 bits per heavy atom. The zero-order valence-electron chi connectivity index (χ0n) is 11.9. The minimum absolute atomic E-state index is 0.997. The molecule has 5 heteroatoms. The molecule has 3 nitrogen and oxygen atoms in total. The third-order valence-corrected chi connectivity index (χ3v) is 4.70. The van der Waals surface area contributed by atoms with E-state index < -0.39 is 0 Å². The van der Waals surface area contributed by atoms with Crippen molar-refractivity contribution in [1.29, 1.82) is 0 Å². The summed E-state index contributed by atoms with van der Waals surface area (Å²) in [5, 5.41) is 14.1. The Kier molecular flexibility index (Phi) is 6.13. The van der Waals surface area contributed by atoms with Gasteiger partial charge in [-0.3, -0.25) is 0 Å². The van der Waals surface area contributed by atoms with Crippen LogP contribution in [-0.2, 0) is 6.42 Å². The standard InChI is InChI=1S/C15H20BrN3S/c1-3-8-17-9-4-5-14-18-19-15(20-14)12-10-11(2)6-7-13(12)16/h6-7,10,17H,3-5,8-9H2,1-2H3. The Morgan fingerprint density at radius 2 is 2.10 bits per heavy atom. The number of aromatic nitrogens is 2. The molecule has 0 amide bonds. The van der Waals surface area contributed by atoms with E-state index in [1.54, 1.807) is 11.3 Å². The van der Waals surface area contributed by atoms with E-state index in [9.17, 15) is 0 Å². The molecule has 2 aromatic rings. The summed E-state index contributed by atoms with van der Waals surface area (Å²) >= 11 is 5.28. The lowest BCUT2D eigenvalue weighted by Crippen LogP contribution is -2.16. The van der Waals surface area contributed by atoms with Gasteiger partial charge in [-0.25, -0.2) is 0 Å². The molecule has 0 aliphatic carbocycles. The predicted molar refractivity (Wildman–Crippen MR) is 89.3 cm³/mol. The summed E-state index contributed by atoms with van der Waals surface area (Å²) in [5.74, 6) is 0. The van der Waals surface area contributed by atoms with Crippen molar-refractivity contribution in [1.82, 2.24) is 15.5 Å². The molecule has 0 unspecified atom stereocenters. The second kappa shape index (κ2) is 7.86. The molecule has 0 saturated carbocycles. The molecule has 108 valence electrons. The average Bonchev–Trinajstić information content (AvgIpc) is 2.90. The fraction of sp³-hybridized carbons (Fsp3) is 0.467. The van der Waals surface area contributed by atoms with Gasteiger partial charge in [0.25, 0.3) is 0 Å². The molecular formula is C15H20BrN3S. The first-order valence-electron chi connectivity index (χ1n) is 7.00. The predicted octanol–water partition coefficient (Wildman–Crippen LogP) is 4.21. The van der Waals surface area contributed by atoms with Crippen molar-refractivity contribution in [2.75, 3.05) is 13.1 Å². The molecule has 1 aromatic carbocycles. The lowest BCUT2D eigenvalue weighted by atomic mass is 10.1. The van der Waals surface area contributed by atoms with Crippen LogP contribution in [-0.4, -0.2) is 23.3 Å². The van der Waals surface area contributed by atoms with Crippen molar-refractivity contribution in [3.8, 4) is 10.6 Å². The van der Waals surface area contributed by atoms with Crippen molar-refractivity contribution in [3.63, 3.8) is 0 Å². The maximum atomic E-state index is 4.32. The Balaban J connectivity index is 1.96. The Labute approximate surface area is 133 Å². The second-order valence-corrected chi connectivity index (χ2v) is 6.75. The van der Waals surface area contributed by atoms with Gasteiger partial charge < -0.3 is 5.32 Å². The number of nitrogens with one attached hydrogen (secondary N) is 1. The number of aryl methyl sites for hydroxylation is 2. The summed E-state index contributed by atoms with van der Waals surface area (Å²) in [4.78, 5) is 0. The first kappa shape index (κ1) is 15.6. The molecule has 1 N–H and O–H groups in total. The van der Waals surface area contributed by atoms with Crippen LogP contribution >= 0.6 is 27.3 Å². The van der Waals surface area contributed by atoms with Crippen LogP contribution in [0.4, 0.5) is 0 Å². The van der Waals surface area contributed by atoms with Crippen LogP contribution in [0.3, 0.4) is 0 Å². The lowest BCUT2D eigenvalue weighted by molar-refractivity contribution is 0.637. The normalized spacial score (nSPS) is 10.9. The fourth-order valence-electron chi connectivity index (χ4n) is 1.93. The van der Waals surface area contributed by atoms with E-state index in [0.29, 0.717) is 0 Å². The van der Waals surface area contributed by atoms with Gasteiger partial charge in [0.2, 0.25) is 0 Å². The van der Waals surface area contributed by atoms with E-state index in [-0.39, 0.29) is 0 Å². The van der Waals surface area contributed by atoms with Crippen LogP contribution in [0.2, 0.25) is 0 Å². The van der Waals surface area contributed by atoms with Gasteiger partial charge in [-0.15, -0.1) is 10.2 Å². The molecule has 0 fully saturated rings. The van der Waals surface area contributed by atoms with E-state index in [4.69, 9.17) is 0 Å². The van der Waals surface area contributed by atoms with Gasteiger partial charge >= 0.3 is 0 Å². The Hall–Kier alpha value is -0.780. The van der Waals surface area contributed by atoms with E-state index >= 15 is 0 Å². The summed E-state index contributed by atoms with van der Waals surface area (Å²) in [7, 11) is 0. The molecule has 1 aromatic heterocycles. The Bertz CT molecular complexity index is 554. The molecule has 0 aliphatic heterocycles. The minimum atomic E-state index is 0.997. The number of halogens is 1. The van der Waals surface area contributed by atoms with E-state index in [0.717, 1.165) is 46.0 Å². The summed E-state index contributed by atoms with van der Waals surface area (Å²) in [6.07, 6.45) is 3.30. The zero-order valence-corrected chi connectivity index (χ0v) is 14.4. The molecule has 2 rings (SSSR count). The first-order chi connectivity index (χ1) is 9.70. The van der Waals surface area contributed by atoms with Crippen molar-refractivity contribution in [2.24, 2.45) is 0 Å². The molecule has 0 atom stereocenters. The van der Waals surface area contributed by atoms with Crippen molar-refractivity contribution >= 4 is 27.3 Å². The highest BCUT2D eigenvalue weighted by Gasteiger charge is 2.10. The summed E-state index contributed by atoms with van der Waals surface area (Å²) in [6, 6.07) is 6.31. The van der Waals surface area contributed by atoms with E-state index in [1.807, 2.05) is 0 Å². The van der Waals surface area contributed by atoms with Crippen LogP contribution in [0, 0.1) is 6.92 Å². The van der Waals surface area contributed by atoms with Crippen LogP contribution < -0.4 is 5.32 Å². The smallest absolute Gasteiger partial charge is 0.148 e. The van der Waals surface area contributed by atoms with Crippen molar-refractivity contribution < 1.29 is 0 Å². The fourth-order valence-corrected chi connectivity index (χ4v) is 3.41. The zero-order chi connectivity index (χ0) is 14.4. The maximum Gasteiger partial charge on any atom is 0.148 e. The van der Waals surface area contributed by atoms with E-state index in [1.165, 1.54) is 12.0 Å². The minimum Gasteiger partial charge on any atom is -0.317 e. The number of benzene rings is 1. The molecule has 0 radical (unpaired) electrons.